The van der Waals surface area contributed by atoms with E-state index in [1.54, 1.807) is 23.0 Å². The standard InChI is InChI=1S/C20H14N4O/c25-20(15-9-10-19-22-21-13-23(19)11-15)24-12-14-5-1-2-6-16(14)17-7-3-4-8-18(17)24/h1-11,13H,12H2. The lowest BCUT2D eigenvalue weighted by atomic mass is 9.93. The van der Waals surface area contributed by atoms with Gasteiger partial charge in [-0.15, -0.1) is 10.2 Å². The van der Waals surface area contributed by atoms with Crippen LogP contribution in [-0.2, 0) is 6.54 Å². The number of rotatable bonds is 1. The van der Waals surface area contributed by atoms with Crippen LogP contribution in [0.1, 0.15) is 15.9 Å². The second-order valence-electron chi connectivity index (χ2n) is 6.08. The Morgan fingerprint density at radius 3 is 2.64 bits per heavy atom. The zero-order chi connectivity index (χ0) is 16.8. The number of pyridine rings is 1. The highest BCUT2D eigenvalue weighted by molar-refractivity contribution is 6.09. The van der Waals surface area contributed by atoms with Gasteiger partial charge in [0.05, 0.1) is 17.8 Å². The zero-order valence-corrected chi connectivity index (χ0v) is 13.3. The van der Waals surface area contributed by atoms with Crippen molar-refractivity contribution in [2.24, 2.45) is 0 Å². The van der Waals surface area contributed by atoms with Gasteiger partial charge in [0.2, 0.25) is 0 Å². The second kappa shape index (κ2) is 5.27. The lowest BCUT2D eigenvalue weighted by molar-refractivity contribution is 0.0984. The van der Waals surface area contributed by atoms with Crippen molar-refractivity contribution < 1.29 is 4.79 Å². The second-order valence-corrected chi connectivity index (χ2v) is 6.08. The van der Waals surface area contributed by atoms with E-state index >= 15 is 0 Å². The summed E-state index contributed by atoms with van der Waals surface area (Å²) in [5.74, 6) is -0.0300. The summed E-state index contributed by atoms with van der Waals surface area (Å²) in [6.45, 7) is 0.562. The van der Waals surface area contributed by atoms with Crippen molar-refractivity contribution in [3.8, 4) is 11.1 Å². The Bertz CT molecular complexity index is 1120. The summed E-state index contributed by atoms with van der Waals surface area (Å²) in [5.41, 5.74) is 5.71. The third-order valence-corrected chi connectivity index (χ3v) is 4.61. The Labute approximate surface area is 144 Å². The zero-order valence-electron chi connectivity index (χ0n) is 13.3. The molecule has 5 nitrogen and oxygen atoms in total. The number of hydrogen-bond donors (Lipinski definition) is 0. The summed E-state index contributed by atoms with van der Waals surface area (Å²) in [4.78, 5) is 15.0. The Kier molecular flexibility index (Phi) is 2.94. The van der Waals surface area contributed by atoms with E-state index in [4.69, 9.17) is 0 Å². The first-order valence-corrected chi connectivity index (χ1v) is 8.10. The molecule has 1 amide bonds. The Balaban J connectivity index is 1.63. The molecule has 0 aliphatic carbocycles. The fraction of sp³-hybridized carbons (Fsp3) is 0.0500. The molecular formula is C20H14N4O. The number of anilines is 1. The largest absolute Gasteiger partial charge is 0.303 e. The summed E-state index contributed by atoms with van der Waals surface area (Å²) < 4.78 is 1.76. The maximum absolute atomic E-state index is 13.2. The van der Waals surface area contributed by atoms with Gasteiger partial charge in [0.25, 0.3) is 5.91 Å². The molecule has 0 atom stereocenters. The SMILES string of the molecule is O=C(c1ccc2nncn2c1)N1Cc2ccccc2-c2ccccc21. The van der Waals surface area contributed by atoms with E-state index in [1.165, 1.54) is 5.56 Å². The van der Waals surface area contributed by atoms with Crippen molar-refractivity contribution in [3.63, 3.8) is 0 Å². The molecule has 120 valence electrons. The number of carbonyl (C=O) groups excluding carboxylic acids is 1. The van der Waals surface area contributed by atoms with Crippen LogP contribution in [0.3, 0.4) is 0 Å². The molecule has 2 aromatic heterocycles. The summed E-state index contributed by atoms with van der Waals surface area (Å²) in [6.07, 6.45) is 3.38. The first kappa shape index (κ1) is 13.9. The molecular weight excluding hydrogens is 312 g/mol. The molecule has 25 heavy (non-hydrogen) atoms. The molecule has 4 aromatic rings. The smallest absolute Gasteiger partial charge is 0.260 e. The summed E-state index contributed by atoms with van der Waals surface area (Å²) in [7, 11) is 0. The number of hydrogen-bond acceptors (Lipinski definition) is 3. The van der Waals surface area contributed by atoms with Gasteiger partial charge in [-0.25, -0.2) is 0 Å². The molecule has 5 rings (SSSR count). The Morgan fingerprint density at radius 1 is 0.920 bits per heavy atom. The van der Waals surface area contributed by atoms with Gasteiger partial charge >= 0.3 is 0 Å². The van der Waals surface area contributed by atoms with Crippen LogP contribution in [0.5, 0.6) is 0 Å². The fourth-order valence-corrected chi connectivity index (χ4v) is 3.40. The minimum Gasteiger partial charge on any atom is -0.303 e. The van der Waals surface area contributed by atoms with E-state index in [0.29, 0.717) is 12.1 Å². The van der Waals surface area contributed by atoms with E-state index in [0.717, 1.165) is 22.5 Å². The molecule has 0 saturated heterocycles. The van der Waals surface area contributed by atoms with Crippen LogP contribution < -0.4 is 4.90 Å². The van der Waals surface area contributed by atoms with E-state index in [9.17, 15) is 4.79 Å². The van der Waals surface area contributed by atoms with Crippen molar-refractivity contribution in [1.29, 1.82) is 0 Å². The number of fused-ring (bicyclic) bond motifs is 4. The average molecular weight is 326 g/mol. The van der Waals surface area contributed by atoms with Gasteiger partial charge < -0.3 is 4.90 Å². The third-order valence-electron chi connectivity index (χ3n) is 4.61. The molecule has 0 radical (unpaired) electrons. The van der Waals surface area contributed by atoms with Gasteiger partial charge in [0, 0.05) is 11.8 Å². The fourth-order valence-electron chi connectivity index (χ4n) is 3.40. The van der Waals surface area contributed by atoms with Crippen LogP contribution in [0, 0.1) is 0 Å². The molecule has 0 N–H and O–H groups in total. The normalized spacial score (nSPS) is 12.7. The van der Waals surface area contributed by atoms with E-state index in [2.05, 4.69) is 28.4 Å². The highest BCUT2D eigenvalue weighted by Gasteiger charge is 2.26. The molecule has 1 aliphatic rings. The lowest BCUT2D eigenvalue weighted by Gasteiger charge is -2.31. The van der Waals surface area contributed by atoms with Crippen molar-refractivity contribution in [2.45, 2.75) is 6.54 Å². The summed E-state index contributed by atoms with van der Waals surface area (Å²) >= 11 is 0. The molecule has 1 aliphatic heterocycles. The number of para-hydroxylation sites is 1. The lowest BCUT2D eigenvalue weighted by Crippen LogP contribution is -2.33. The van der Waals surface area contributed by atoms with Crippen LogP contribution in [0.25, 0.3) is 16.8 Å². The van der Waals surface area contributed by atoms with Crippen LogP contribution in [0.2, 0.25) is 0 Å². The Morgan fingerprint density at radius 2 is 1.72 bits per heavy atom. The van der Waals surface area contributed by atoms with E-state index < -0.39 is 0 Å². The Hall–Kier alpha value is -3.47. The van der Waals surface area contributed by atoms with Crippen molar-refractivity contribution >= 4 is 17.2 Å². The molecule has 0 fully saturated rings. The van der Waals surface area contributed by atoms with Gasteiger partial charge in [0.15, 0.2) is 5.65 Å². The van der Waals surface area contributed by atoms with Gasteiger partial charge in [-0.1, -0.05) is 42.5 Å². The highest BCUT2D eigenvalue weighted by Crippen LogP contribution is 2.39. The van der Waals surface area contributed by atoms with Crippen molar-refractivity contribution in [1.82, 2.24) is 14.6 Å². The molecule has 0 bridgehead atoms. The topological polar surface area (TPSA) is 50.5 Å². The molecule has 0 spiro atoms. The van der Waals surface area contributed by atoms with Crippen molar-refractivity contribution in [3.05, 3.63) is 84.3 Å². The molecule has 2 aromatic carbocycles. The van der Waals surface area contributed by atoms with Crippen LogP contribution in [0.4, 0.5) is 5.69 Å². The number of benzene rings is 2. The quantitative estimate of drug-likeness (QED) is 0.537. The van der Waals surface area contributed by atoms with Gasteiger partial charge in [-0.05, 0) is 29.3 Å². The molecule has 5 heteroatoms. The predicted molar refractivity (Wildman–Crippen MR) is 95.4 cm³/mol. The molecule has 0 saturated carbocycles. The minimum atomic E-state index is -0.0300. The number of aromatic nitrogens is 3. The average Bonchev–Trinajstić information content (AvgIpc) is 3.14. The van der Waals surface area contributed by atoms with Crippen LogP contribution in [-0.4, -0.2) is 20.5 Å². The summed E-state index contributed by atoms with van der Waals surface area (Å²) in [5, 5.41) is 7.85. The van der Waals surface area contributed by atoms with Crippen molar-refractivity contribution in [2.75, 3.05) is 4.90 Å². The first-order chi connectivity index (χ1) is 12.3. The summed E-state index contributed by atoms with van der Waals surface area (Å²) in [6, 6.07) is 19.9. The van der Waals surface area contributed by atoms with Gasteiger partial charge in [-0.3, -0.25) is 9.20 Å². The third kappa shape index (κ3) is 2.13. The number of amides is 1. The minimum absolute atomic E-state index is 0.0300. The maximum atomic E-state index is 13.2. The first-order valence-electron chi connectivity index (χ1n) is 8.10. The molecule has 3 heterocycles. The maximum Gasteiger partial charge on any atom is 0.260 e. The predicted octanol–water partition coefficient (Wildman–Crippen LogP) is 3.56. The number of carbonyl (C=O) groups is 1. The van der Waals surface area contributed by atoms with E-state index in [-0.39, 0.29) is 5.91 Å². The monoisotopic (exact) mass is 326 g/mol. The van der Waals surface area contributed by atoms with Crippen LogP contribution >= 0.6 is 0 Å². The molecule has 0 unspecified atom stereocenters. The van der Waals surface area contributed by atoms with Gasteiger partial charge in [0.1, 0.15) is 6.33 Å². The van der Waals surface area contributed by atoms with Crippen LogP contribution in [0.15, 0.2) is 73.2 Å². The highest BCUT2D eigenvalue weighted by atomic mass is 16.2. The van der Waals surface area contributed by atoms with Gasteiger partial charge in [-0.2, -0.15) is 0 Å². The van der Waals surface area contributed by atoms with E-state index in [1.807, 2.05) is 41.3 Å². The number of nitrogens with zero attached hydrogens (tertiary/aromatic N) is 4.